The summed E-state index contributed by atoms with van der Waals surface area (Å²) < 4.78 is 0. The largest absolute Gasteiger partial charge is 0.308 e. The van der Waals surface area contributed by atoms with Crippen molar-refractivity contribution in [1.29, 1.82) is 0 Å². The van der Waals surface area contributed by atoms with E-state index in [0.29, 0.717) is 6.04 Å². The first kappa shape index (κ1) is 16.9. The predicted molar refractivity (Wildman–Crippen MR) is 97.8 cm³/mol. The topological polar surface area (TPSA) is 18.5 Å². The van der Waals surface area contributed by atoms with Gasteiger partial charge in [0, 0.05) is 25.7 Å². The quantitative estimate of drug-likeness (QED) is 0.833. The molecule has 2 heterocycles. The number of hydrogen-bond donors (Lipinski definition) is 1. The van der Waals surface area contributed by atoms with E-state index in [2.05, 4.69) is 45.4 Å². The third kappa shape index (κ3) is 5.59. The molecule has 2 saturated heterocycles. The van der Waals surface area contributed by atoms with Crippen molar-refractivity contribution in [2.45, 2.75) is 44.6 Å². The van der Waals surface area contributed by atoms with E-state index < -0.39 is 0 Å². The molecule has 0 aromatic heterocycles. The summed E-state index contributed by atoms with van der Waals surface area (Å²) in [6.07, 6.45) is 8.34. The molecule has 2 aliphatic heterocycles. The van der Waals surface area contributed by atoms with Crippen LogP contribution in [0.5, 0.6) is 0 Å². The molecule has 0 bridgehead atoms. The predicted octanol–water partition coefficient (Wildman–Crippen LogP) is 3.29. The normalized spacial score (nSPS) is 22.1. The van der Waals surface area contributed by atoms with E-state index in [1.165, 1.54) is 76.8 Å². The van der Waals surface area contributed by atoms with Crippen LogP contribution in [0.15, 0.2) is 30.3 Å². The van der Waals surface area contributed by atoms with E-state index in [1.807, 2.05) is 0 Å². The minimum atomic E-state index is 0.471. The van der Waals surface area contributed by atoms with E-state index >= 15 is 0 Å². The Morgan fingerprint density at radius 1 is 0.783 bits per heavy atom. The second kappa shape index (κ2) is 9.41. The first-order chi connectivity index (χ1) is 11.4. The van der Waals surface area contributed by atoms with Gasteiger partial charge in [-0.2, -0.15) is 0 Å². The summed E-state index contributed by atoms with van der Waals surface area (Å²) in [4.78, 5) is 5.27. The van der Waals surface area contributed by atoms with Crippen molar-refractivity contribution in [2.75, 3.05) is 45.8 Å². The number of nitrogens with zero attached hydrogens (tertiary/aromatic N) is 2. The van der Waals surface area contributed by atoms with Gasteiger partial charge >= 0.3 is 0 Å². The van der Waals surface area contributed by atoms with Crippen LogP contribution < -0.4 is 5.32 Å². The van der Waals surface area contributed by atoms with Crippen molar-refractivity contribution >= 4 is 0 Å². The monoisotopic (exact) mass is 315 g/mol. The summed E-state index contributed by atoms with van der Waals surface area (Å²) in [6.45, 7) is 8.60. The lowest BCUT2D eigenvalue weighted by Gasteiger charge is -2.32. The van der Waals surface area contributed by atoms with E-state index in [0.717, 1.165) is 13.1 Å². The Morgan fingerprint density at radius 3 is 2.04 bits per heavy atom. The third-order valence-electron chi connectivity index (χ3n) is 5.36. The van der Waals surface area contributed by atoms with Crippen molar-refractivity contribution in [1.82, 2.24) is 15.1 Å². The molecule has 1 N–H and O–H groups in total. The molecule has 3 heteroatoms. The van der Waals surface area contributed by atoms with Gasteiger partial charge in [0.2, 0.25) is 0 Å². The first-order valence-corrected chi connectivity index (χ1v) is 9.65. The van der Waals surface area contributed by atoms with Crippen molar-refractivity contribution in [2.24, 2.45) is 0 Å². The van der Waals surface area contributed by atoms with E-state index in [4.69, 9.17) is 0 Å². The van der Waals surface area contributed by atoms with E-state index in [-0.39, 0.29) is 0 Å². The Kier molecular flexibility index (Phi) is 6.93. The van der Waals surface area contributed by atoms with Crippen molar-refractivity contribution in [3.63, 3.8) is 0 Å². The van der Waals surface area contributed by atoms with Gasteiger partial charge < -0.3 is 15.1 Å². The summed E-state index contributed by atoms with van der Waals surface area (Å²) in [7, 11) is 0. The Balaban J connectivity index is 1.51. The van der Waals surface area contributed by atoms with E-state index in [9.17, 15) is 0 Å². The van der Waals surface area contributed by atoms with Crippen LogP contribution in [0.1, 0.15) is 50.1 Å². The van der Waals surface area contributed by atoms with Crippen LogP contribution in [0, 0.1) is 0 Å². The maximum absolute atomic E-state index is 3.85. The van der Waals surface area contributed by atoms with Gasteiger partial charge in [-0.3, -0.25) is 0 Å². The highest BCUT2D eigenvalue weighted by Gasteiger charge is 2.18. The number of benzene rings is 1. The highest BCUT2D eigenvalue weighted by Crippen LogP contribution is 2.17. The van der Waals surface area contributed by atoms with Crippen LogP contribution in [-0.4, -0.2) is 55.6 Å². The minimum Gasteiger partial charge on any atom is -0.308 e. The minimum absolute atomic E-state index is 0.471. The molecule has 2 fully saturated rings. The van der Waals surface area contributed by atoms with Crippen molar-refractivity contribution in [3.05, 3.63) is 35.9 Å². The molecule has 3 rings (SSSR count). The Bertz CT molecular complexity index is 422. The fourth-order valence-corrected chi connectivity index (χ4v) is 3.95. The SMILES string of the molecule is c1ccc([C@H](CN2CCCCC2)NCCN2CCCCC2)cc1. The van der Waals surface area contributed by atoms with Crippen LogP contribution in [0.4, 0.5) is 0 Å². The average Bonchev–Trinajstić information content (AvgIpc) is 2.63. The third-order valence-corrected chi connectivity index (χ3v) is 5.36. The van der Waals surface area contributed by atoms with E-state index in [1.54, 1.807) is 0 Å². The number of piperidine rings is 2. The van der Waals surface area contributed by atoms with Crippen LogP contribution in [0.3, 0.4) is 0 Å². The number of rotatable bonds is 7. The summed E-state index contributed by atoms with van der Waals surface area (Å²) in [5.41, 5.74) is 1.44. The molecule has 0 amide bonds. The van der Waals surface area contributed by atoms with Gasteiger partial charge in [0.15, 0.2) is 0 Å². The van der Waals surface area contributed by atoms with Gasteiger partial charge in [-0.1, -0.05) is 43.2 Å². The fourth-order valence-electron chi connectivity index (χ4n) is 3.95. The Labute approximate surface area is 142 Å². The van der Waals surface area contributed by atoms with Crippen molar-refractivity contribution in [3.8, 4) is 0 Å². The highest BCUT2D eigenvalue weighted by molar-refractivity contribution is 5.19. The molecule has 23 heavy (non-hydrogen) atoms. The zero-order valence-corrected chi connectivity index (χ0v) is 14.6. The lowest BCUT2D eigenvalue weighted by atomic mass is 10.0. The lowest BCUT2D eigenvalue weighted by molar-refractivity contribution is 0.195. The second-order valence-electron chi connectivity index (χ2n) is 7.18. The molecule has 0 radical (unpaired) electrons. The van der Waals surface area contributed by atoms with Gasteiger partial charge in [0.25, 0.3) is 0 Å². The number of nitrogens with one attached hydrogen (secondary N) is 1. The van der Waals surface area contributed by atoms with Gasteiger partial charge in [-0.15, -0.1) is 0 Å². The maximum Gasteiger partial charge on any atom is 0.0449 e. The molecule has 0 spiro atoms. The summed E-state index contributed by atoms with van der Waals surface area (Å²) >= 11 is 0. The molecular formula is C20H33N3. The zero-order valence-electron chi connectivity index (χ0n) is 14.6. The standard InChI is InChI=1S/C20H33N3/c1-4-10-19(11-5-1)20(18-23-15-8-3-9-16-23)21-12-17-22-13-6-2-7-14-22/h1,4-5,10-11,20-21H,2-3,6-9,12-18H2/t20-/m0/s1. The zero-order chi connectivity index (χ0) is 15.7. The summed E-state index contributed by atoms with van der Waals surface area (Å²) in [5, 5.41) is 3.85. The molecule has 1 atom stereocenters. The van der Waals surface area contributed by atoms with Gasteiger partial charge in [-0.25, -0.2) is 0 Å². The lowest BCUT2D eigenvalue weighted by Crippen LogP contribution is -2.41. The maximum atomic E-state index is 3.85. The van der Waals surface area contributed by atoms with Crippen molar-refractivity contribution < 1.29 is 0 Å². The second-order valence-corrected chi connectivity index (χ2v) is 7.18. The number of hydrogen-bond acceptors (Lipinski definition) is 3. The molecule has 1 aromatic carbocycles. The smallest absolute Gasteiger partial charge is 0.0449 e. The molecule has 0 aliphatic carbocycles. The van der Waals surface area contributed by atoms with Gasteiger partial charge in [0.1, 0.15) is 0 Å². The van der Waals surface area contributed by atoms with Crippen LogP contribution in [-0.2, 0) is 0 Å². The summed E-state index contributed by atoms with van der Waals surface area (Å²) in [5.74, 6) is 0. The van der Waals surface area contributed by atoms with Gasteiger partial charge in [0.05, 0.1) is 0 Å². The van der Waals surface area contributed by atoms with Crippen LogP contribution >= 0.6 is 0 Å². The average molecular weight is 316 g/mol. The number of likely N-dealkylation sites (tertiary alicyclic amines) is 2. The molecule has 3 nitrogen and oxygen atoms in total. The molecule has 1 aromatic rings. The Morgan fingerprint density at radius 2 is 1.39 bits per heavy atom. The van der Waals surface area contributed by atoms with Crippen LogP contribution in [0.25, 0.3) is 0 Å². The molecule has 128 valence electrons. The molecule has 2 aliphatic rings. The first-order valence-electron chi connectivity index (χ1n) is 9.65. The molecular weight excluding hydrogens is 282 g/mol. The molecule has 0 unspecified atom stereocenters. The summed E-state index contributed by atoms with van der Waals surface area (Å²) in [6, 6.07) is 11.5. The fraction of sp³-hybridized carbons (Fsp3) is 0.700. The van der Waals surface area contributed by atoms with Gasteiger partial charge in [-0.05, 0) is 57.4 Å². The highest BCUT2D eigenvalue weighted by atomic mass is 15.2. The molecule has 0 saturated carbocycles. The Hall–Kier alpha value is -0.900. The van der Waals surface area contributed by atoms with Crippen LogP contribution in [0.2, 0.25) is 0 Å².